The number of methoxy groups -OCH3 is 1. The normalized spacial score (nSPS) is 19.0. The second-order valence-corrected chi connectivity index (χ2v) is 5.38. The van der Waals surface area contributed by atoms with Crippen molar-refractivity contribution in [2.24, 2.45) is 5.92 Å². The zero-order valence-electron chi connectivity index (χ0n) is 10.6. The molecule has 0 spiro atoms. The van der Waals surface area contributed by atoms with E-state index in [1.165, 1.54) is 0 Å². The largest absolute Gasteiger partial charge is 0.496 e. The van der Waals surface area contributed by atoms with E-state index in [-0.39, 0.29) is 5.91 Å². The van der Waals surface area contributed by atoms with Crippen molar-refractivity contribution in [1.82, 2.24) is 4.90 Å². The first-order chi connectivity index (χ1) is 8.76. The molecule has 1 atom stereocenters. The monoisotopic (exact) mass is 311 g/mol. The van der Waals surface area contributed by atoms with Crippen molar-refractivity contribution >= 4 is 21.8 Å². The molecule has 0 N–H and O–H groups in total. The molecule has 1 aliphatic heterocycles. The first-order valence-corrected chi connectivity index (χ1v) is 7.36. The summed E-state index contributed by atoms with van der Waals surface area (Å²) in [6.07, 6.45) is 2.24. The van der Waals surface area contributed by atoms with Crippen molar-refractivity contribution in [2.45, 2.75) is 12.8 Å². The van der Waals surface area contributed by atoms with E-state index >= 15 is 0 Å². The van der Waals surface area contributed by atoms with E-state index in [1.54, 1.807) is 7.11 Å². The van der Waals surface area contributed by atoms with Crippen LogP contribution in [0.5, 0.6) is 5.75 Å². The van der Waals surface area contributed by atoms with Crippen LogP contribution in [0.1, 0.15) is 23.2 Å². The average molecular weight is 312 g/mol. The van der Waals surface area contributed by atoms with Gasteiger partial charge in [0.1, 0.15) is 5.75 Å². The fourth-order valence-corrected chi connectivity index (χ4v) is 3.05. The van der Waals surface area contributed by atoms with Crippen LogP contribution in [-0.2, 0) is 0 Å². The minimum atomic E-state index is 0.0875. The third-order valence-corrected chi connectivity index (χ3v) is 3.89. The Balaban J connectivity index is 2.08. The SMILES string of the molecule is COc1ccccc1C(=O)N1CCC(CCBr)C1. The summed E-state index contributed by atoms with van der Waals surface area (Å²) in [5.74, 6) is 1.37. The highest BCUT2D eigenvalue weighted by Gasteiger charge is 2.27. The van der Waals surface area contributed by atoms with Gasteiger partial charge >= 0.3 is 0 Å². The number of nitrogens with zero attached hydrogens (tertiary/aromatic N) is 1. The molecular weight excluding hydrogens is 294 g/mol. The lowest BCUT2D eigenvalue weighted by molar-refractivity contribution is 0.0783. The first kappa shape index (κ1) is 13.4. The van der Waals surface area contributed by atoms with Crippen molar-refractivity contribution in [3.8, 4) is 5.75 Å². The Morgan fingerprint density at radius 2 is 2.28 bits per heavy atom. The van der Waals surface area contributed by atoms with E-state index < -0.39 is 0 Å². The second kappa shape index (κ2) is 6.23. The molecule has 1 aromatic carbocycles. The number of alkyl halides is 1. The Hall–Kier alpha value is -1.03. The standard InChI is InChI=1S/C14H18BrNO2/c1-18-13-5-3-2-4-12(13)14(17)16-9-7-11(10-16)6-8-15/h2-5,11H,6-10H2,1H3. The number of para-hydroxylation sites is 1. The summed E-state index contributed by atoms with van der Waals surface area (Å²) in [5, 5.41) is 1.01. The van der Waals surface area contributed by atoms with E-state index in [2.05, 4.69) is 15.9 Å². The Morgan fingerprint density at radius 1 is 1.50 bits per heavy atom. The van der Waals surface area contributed by atoms with Gasteiger partial charge in [0, 0.05) is 18.4 Å². The van der Waals surface area contributed by atoms with Crippen molar-refractivity contribution in [3.63, 3.8) is 0 Å². The Labute approximate surface area is 116 Å². The fourth-order valence-electron chi connectivity index (χ4n) is 2.40. The van der Waals surface area contributed by atoms with E-state index in [9.17, 15) is 4.79 Å². The number of amides is 1. The lowest BCUT2D eigenvalue weighted by Gasteiger charge is -2.18. The fraction of sp³-hybridized carbons (Fsp3) is 0.500. The molecule has 98 valence electrons. The number of ether oxygens (including phenoxy) is 1. The van der Waals surface area contributed by atoms with E-state index in [0.717, 1.165) is 31.3 Å². The summed E-state index contributed by atoms with van der Waals surface area (Å²) in [6, 6.07) is 7.42. The summed E-state index contributed by atoms with van der Waals surface area (Å²) < 4.78 is 5.25. The quantitative estimate of drug-likeness (QED) is 0.800. The second-order valence-electron chi connectivity index (χ2n) is 4.58. The number of benzene rings is 1. The van der Waals surface area contributed by atoms with Crippen LogP contribution in [0.15, 0.2) is 24.3 Å². The number of carbonyl (C=O) groups is 1. The third-order valence-electron chi connectivity index (χ3n) is 3.43. The molecule has 0 aromatic heterocycles. The van der Waals surface area contributed by atoms with Gasteiger partial charge in [-0.15, -0.1) is 0 Å². The van der Waals surface area contributed by atoms with Crippen molar-refractivity contribution < 1.29 is 9.53 Å². The number of halogens is 1. The molecule has 3 nitrogen and oxygen atoms in total. The van der Waals surface area contributed by atoms with Gasteiger partial charge in [-0.2, -0.15) is 0 Å². The zero-order valence-corrected chi connectivity index (χ0v) is 12.1. The van der Waals surface area contributed by atoms with E-state index in [4.69, 9.17) is 4.74 Å². The molecule has 1 saturated heterocycles. The van der Waals surface area contributed by atoms with Crippen molar-refractivity contribution in [1.29, 1.82) is 0 Å². The van der Waals surface area contributed by atoms with Gasteiger partial charge in [0.05, 0.1) is 12.7 Å². The molecule has 1 fully saturated rings. The molecule has 1 unspecified atom stereocenters. The predicted molar refractivity (Wildman–Crippen MR) is 75.4 cm³/mol. The average Bonchev–Trinajstić information content (AvgIpc) is 2.87. The van der Waals surface area contributed by atoms with Crippen LogP contribution in [0.3, 0.4) is 0 Å². The number of hydrogen-bond donors (Lipinski definition) is 0. The zero-order chi connectivity index (χ0) is 13.0. The molecule has 2 rings (SSSR count). The van der Waals surface area contributed by atoms with Gasteiger partial charge in [0.25, 0.3) is 5.91 Å². The van der Waals surface area contributed by atoms with Crippen LogP contribution in [0.25, 0.3) is 0 Å². The maximum atomic E-state index is 12.4. The van der Waals surface area contributed by atoms with Crippen LogP contribution in [0.2, 0.25) is 0 Å². The van der Waals surface area contributed by atoms with Gasteiger partial charge in [0.2, 0.25) is 0 Å². The summed E-state index contributed by atoms with van der Waals surface area (Å²) >= 11 is 3.46. The number of likely N-dealkylation sites (tertiary alicyclic amines) is 1. The van der Waals surface area contributed by atoms with Crippen LogP contribution in [0.4, 0.5) is 0 Å². The van der Waals surface area contributed by atoms with Gasteiger partial charge in [0.15, 0.2) is 0 Å². The van der Waals surface area contributed by atoms with Gasteiger partial charge in [-0.1, -0.05) is 28.1 Å². The van der Waals surface area contributed by atoms with E-state index in [1.807, 2.05) is 29.2 Å². The molecule has 1 amide bonds. The third kappa shape index (κ3) is 2.86. The lowest BCUT2D eigenvalue weighted by atomic mass is 10.1. The first-order valence-electron chi connectivity index (χ1n) is 6.24. The molecule has 0 saturated carbocycles. The lowest BCUT2D eigenvalue weighted by Crippen LogP contribution is -2.29. The van der Waals surface area contributed by atoms with Gasteiger partial charge in [-0.3, -0.25) is 4.79 Å². The van der Waals surface area contributed by atoms with Crippen LogP contribution in [-0.4, -0.2) is 36.3 Å². The molecule has 0 aliphatic carbocycles. The Morgan fingerprint density at radius 3 is 3.00 bits per heavy atom. The number of carbonyl (C=O) groups excluding carboxylic acids is 1. The van der Waals surface area contributed by atoms with Gasteiger partial charge < -0.3 is 9.64 Å². The Bertz CT molecular complexity index is 422. The maximum absolute atomic E-state index is 12.4. The number of hydrogen-bond acceptors (Lipinski definition) is 2. The molecule has 1 heterocycles. The summed E-state index contributed by atoms with van der Waals surface area (Å²) in [5.41, 5.74) is 0.666. The topological polar surface area (TPSA) is 29.5 Å². The molecule has 0 bridgehead atoms. The molecule has 18 heavy (non-hydrogen) atoms. The van der Waals surface area contributed by atoms with Crippen LogP contribution >= 0.6 is 15.9 Å². The van der Waals surface area contributed by atoms with E-state index in [0.29, 0.717) is 17.2 Å². The van der Waals surface area contributed by atoms with Crippen LogP contribution < -0.4 is 4.74 Å². The van der Waals surface area contributed by atoms with Gasteiger partial charge in [-0.05, 0) is 30.9 Å². The number of rotatable bonds is 4. The molecule has 1 aliphatic rings. The minimum absolute atomic E-state index is 0.0875. The highest BCUT2D eigenvalue weighted by molar-refractivity contribution is 9.09. The molecular formula is C14H18BrNO2. The van der Waals surface area contributed by atoms with Crippen LogP contribution in [0, 0.1) is 5.92 Å². The minimum Gasteiger partial charge on any atom is -0.496 e. The molecule has 1 aromatic rings. The Kier molecular flexibility index (Phi) is 4.64. The highest BCUT2D eigenvalue weighted by Crippen LogP contribution is 2.25. The predicted octanol–water partition coefficient (Wildman–Crippen LogP) is 2.94. The smallest absolute Gasteiger partial charge is 0.257 e. The summed E-state index contributed by atoms with van der Waals surface area (Å²) in [4.78, 5) is 14.3. The summed E-state index contributed by atoms with van der Waals surface area (Å²) in [6.45, 7) is 1.72. The maximum Gasteiger partial charge on any atom is 0.257 e. The van der Waals surface area contributed by atoms with Crippen molar-refractivity contribution in [3.05, 3.63) is 29.8 Å². The highest BCUT2D eigenvalue weighted by atomic mass is 79.9. The molecule has 4 heteroatoms. The molecule has 0 radical (unpaired) electrons. The summed E-state index contributed by atoms with van der Waals surface area (Å²) in [7, 11) is 1.60. The van der Waals surface area contributed by atoms with Crippen molar-refractivity contribution in [2.75, 3.05) is 25.5 Å². The van der Waals surface area contributed by atoms with Gasteiger partial charge in [-0.25, -0.2) is 0 Å².